The Bertz CT molecular complexity index is 852. The molecule has 0 bridgehead atoms. The van der Waals surface area contributed by atoms with E-state index in [9.17, 15) is 8.42 Å². The first kappa shape index (κ1) is 12.9. The quantitative estimate of drug-likeness (QED) is 0.743. The summed E-state index contributed by atoms with van der Waals surface area (Å²) in [6.45, 7) is 0. The average Bonchev–Trinajstić information content (AvgIpc) is 2.78. The molecule has 0 radical (unpaired) electrons. The number of fused-ring (bicyclic) bond motifs is 1. The maximum absolute atomic E-state index is 12.6. The Hall–Kier alpha value is -2.14. The fourth-order valence-corrected chi connectivity index (χ4v) is 3.85. The number of rotatable bonds is 3. The van der Waals surface area contributed by atoms with Crippen LogP contribution < -0.4 is 0 Å². The number of hydrogen-bond acceptors (Lipinski definition) is 3. The topological polar surface area (TPSA) is 52.0 Å². The number of hydrogen-bond donors (Lipinski definition) is 0. The molecule has 0 atom stereocenters. The molecule has 0 saturated heterocycles. The lowest BCUT2D eigenvalue weighted by Gasteiger charge is -2.02. The van der Waals surface area contributed by atoms with Crippen LogP contribution >= 0.6 is 0 Å². The lowest BCUT2D eigenvalue weighted by atomic mass is 10.2. The molecule has 3 rings (SSSR count). The smallest absolute Gasteiger partial charge is 0.186 e. The van der Waals surface area contributed by atoms with E-state index in [4.69, 9.17) is 0 Å². The van der Waals surface area contributed by atoms with Crippen molar-refractivity contribution in [1.82, 2.24) is 9.55 Å². The molecule has 4 nitrogen and oxygen atoms in total. The summed E-state index contributed by atoms with van der Waals surface area (Å²) in [5.41, 5.74) is 1.47. The molecule has 0 aliphatic heterocycles. The predicted octanol–water partition coefficient (Wildman–Crippen LogP) is 2.55. The highest BCUT2D eigenvalue weighted by Gasteiger charge is 2.21. The van der Waals surface area contributed by atoms with E-state index >= 15 is 0 Å². The maximum Gasteiger partial charge on any atom is 0.186 e. The van der Waals surface area contributed by atoms with E-state index in [1.165, 1.54) is 0 Å². The maximum atomic E-state index is 12.6. The molecule has 2 aromatic heterocycles. The van der Waals surface area contributed by atoms with Gasteiger partial charge in [0.05, 0.1) is 16.3 Å². The fourth-order valence-electron chi connectivity index (χ4n) is 2.31. The van der Waals surface area contributed by atoms with Crippen LogP contribution in [0.1, 0.15) is 5.69 Å². The zero-order valence-corrected chi connectivity index (χ0v) is 11.8. The summed E-state index contributed by atoms with van der Waals surface area (Å²) in [6.07, 6.45) is 3.27. The van der Waals surface area contributed by atoms with Crippen LogP contribution in [-0.2, 0) is 22.6 Å². The van der Waals surface area contributed by atoms with Crippen LogP contribution in [0, 0.1) is 0 Å². The monoisotopic (exact) mass is 286 g/mol. The molecule has 2 heterocycles. The van der Waals surface area contributed by atoms with Gasteiger partial charge in [-0.1, -0.05) is 24.3 Å². The molecule has 0 fully saturated rings. The number of aromatic nitrogens is 2. The molecule has 0 unspecified atom stereocenters. The van der Waals surface area contributed by atoms with Crippen LogP contribution in [0.25, 0.3) is 10.9 Å². The number of nitrogens with zero attached hydrogens (tertiary/aromatic N) is 2. The second kappa shape index (κ2) is 4.76. The highest BCUT2D eigenvalue weighted by atomic mass is 32.2. The van der Waals surface area contributed by atoms with E-state index in [1.807, 2.05) is 35.9 Å². The van der Waals surface area contributed by atoms with Crippen LogP contribution in [0.2, 0.25) is 0 Å². The first-order chi connectivity index (χ1) is 9.58. The minimum absolute atomic E-state index is 0.0815. The largest absolute Gasteiger partial charge is 0.349 e. The SMILES string of the molecule is Cn1cc(S(=O)(=O)Cc2ccccn2)c2ccccc21. The van der Waals surface area contributed by atoms with Gasteiger partial charge in [-0.05, 0) is 18.2 Å². The Balaban J connectivity index is 2.10. The summed E-state index contributed by atoms with van der Waals surface area (Å²) in [7, 11) is -1.55. The van der Waals surface area contributed by atoms with E-state index in [2.05, 4.69) is 4.98 Å². The molecule has 0 saturated carbocycles. The molecule has 0 N–H and O–H groups in total. The molecule has 5 heteroatoms. The molecule has 0 spiro atoms. The lowest BCUT2D eigenvalue weighted by molar-refractivity contribution is 0.595. The van der Waals surface area contributed by atoms with Crippen LogP contribution in [0.3, 0.4) is 0 Å². The van der Waals surface area contributed by atoms with Gasteiger partial charge >= 0.3 is 0 Å². The highest BCUT2D eigenvalue weighted by molar-refractivity contribution is 7.90. The average molecular weight is 286 g/mol. The van der Waals surface area contributed by atoms with E-state index in [0.29, 0.717) is 10.6 Å². The molecular formula is C15H14N2O2S. The molecule has 102 valence electrons. The predicted molar refractivity (Wildman–Crippen MR) is 78.0 cm³/mol. The Morgan fingerprint density at radius 1 is 1.10 bits per heavy atom. The zero-order chi connectivity index (χ0) is 14.2. The molecule has 0 aliphatic rings. The van der Waals surface area contributed by atoms with Crippen LogP contribution in [0.15, 0.2) is 59.8 Å². The number of sulfone groups is 1. The molecule has 0 aliphatic carbocycles. The third-order valence-corrected chi connectivity index (χ3v) is 4.93. The lowest BCUT2D eigenvalue weighted by Crippen LogP contribution is -2.05. The standard InChI is InChI=1S/C15H14N2O2S/c1-17-10-15(13-7-2-3-8-14(13)17)20(18,19)11-12-6-4-5-9-16-12/h2-10H,11H2,1H3. The van der Waals surface area contributed by atoms with Crippen molar-refractivity contribution in [1.29, 1.82) is 0 Å². The summed E-state index contributed by atoms with van der Waals surface area (Å²) in [5.74, 6) is -0.0815. The third kappa shape index (κ3) is 2.20. The van der Waals surface area contributed by atoms with Gasteiger partial charge in [0.1, 0.15) is 0 Å². The van der Waals surface area contributed by atoms with Gasteiger partial charge in [0.15, 0.2) is 9.84 Å². The van der Waals surface area contributed by atoms with E-state index in [-0.39, 0.29) is 5.75 Å². The summed E-state index contributed by atoms with van der Waals surface area (Å²) >= 11 is 0. The van der Waals surface area contributed by atoms with Gasteiger partial charge in [0.2, 0.25) is 0 Å². The number of para-hydroxylation sites is 1. The summed E-state index contributed by atoms with van der Waals surface area (Å²) < 4.78 is 27.0. The van der Waals surface area contributed by atoms with Crippen molar-refractivity contribution in [3.8, 4) is 0 Å². The van der Waals surface area contributed by atoms with Crippen LogP contribution in [0.5, 0.6) is 0 Å². The molecule has 1 aromatic carbocycles. The zero-order valence-electron chi connectivity index (χ0n) is 11.0. The first-order valence-corrected chi connectivity index (χ1v) is 7.90. The molecule has 20 heavy (non-hydrogen) atoms. The van der Waals surface area contributed by atoms with Crippen molar-refractivity contribution in [3.63, 3.8) is 0 Å². The van der Waals surface area contributed by atoms with Gasteiger partial charge < -0.3 is 4.57 Å². The minimum atomic E-state index is -3.40. The molecule has 3 aromatic rings. The number of pyridine rings is 1. The van der Waals surface area contributed by atoms with Gasteiger partial charge in [-0.3, -0.25) is 4.98 Å². The van der Waals surface area contributed by atoms with Crippen LogP contribution in [-0.4, -0.2) is 18.0 Å². The minimum Gasteiger partial charge on any atom is -0.349 e. The van der Waals surface area contributed by atoms with Crippen molar-refractivity contribution in [3.05, 3.63) is 60.6 Å². The Morgan fingerprint density at radius 3 is 2.60 bits per heavy atom. The van der Waals surface area contributed by atoms with Crippen molar-refractivity contribution in [2.45, 2.75) is 10.6 Å². The van der Waals surface area contributed by atoms with E-state index < -0.39 is 9.84 Å². The first-order valence-electron chi connectivity index (χ1n) is 6.25. The molecular weight excluding hydrogens is 272 g/mol. The Kier molecular flexibility index (Phi) is 3.06. The van der Waals surface area contributed by atoms with Crippen molar-refractivity contribution in [2.24, 2.45) is 7.05 Å². The summed E-state index contributed by atoms with van der Waals surface area (Å²) in [6, 6.07) is 12.8. The van der Waals surface area contributed by atoms with Crippen molar-refractivity contribution in [2.75, 3.05) is 0 Å². The van der Waals surface area contributed by atoms with Gasteiger partial charge in [-0.2, -0.15) is 0 Å². The third-order valence-electron chi connectivity index (χ3n) is 3.26. The van der Waals surface area contributed by atoms with Gasteiger partial charge in [0, 0.05) is 30.3 Å². The van der Waals surface area contributed by atoms with Gasteiger partial charge in [-0.25, -0.2) is 8.42 Å². The van der Waals surface area contributed by atoms with Gasteiger partial charge in [0.25, 0.3) is 0 Å². The Labute approximate surface area is 117 Å². The second-order valence-corrected chi connectivity index (χ2v) is 6.66. The molecule has 0 amide bonds. The normalized spacial score (nSPS) is 11.8. The van der Waals surface area contributed by atoms with Gasteiger partial charge in [-0.15, -0.1) is 0 Å². The second-order valence-electron chi connectivity index (χ2n) is 4.70. The summed E-state index contributed by atoms with van der Waals surface area (Å²) in [4.78, 5) is 4.45. The number of aryl methyl sites for hydroxylation is 1. The van der Waals surface area contributed by atoms with Crippen molar-refractivity contribution < 1.29 is 8.42 Å². The fraction of sp³-hybridized carbons (Fsp3) is 0.133. The van der Waals surface area contributed by atoms with Crippen molar-refractivity contribution >= 4 is 20.7 Å². The number of benzene rings is 1. The Morgan fingerprint density at radius 2 is 1.85 bits per heavy atom. The van der Waals surface area contributed by atoms with E-state index in [0.717, 1.165) is 10.9 Å². The highest BCUT2D eigenvalue weighted by Crippen LogP contribution is 2.26. The summed E-state index contributed by atoms with van der Waals surface area (Å²) in [5, 5.41) is 0.755. The van der Waals surface area contributed by atoms with Crippen LogP contribution in [0.4, 0.5) is 0 Å². The van der Waals surface area contributed by atoms with E-state index in [1.54, 1.807) is 30.6 Å².